The first-order valence-corrected chi connectivity index (χ1v) is 9.17. The average molecular weight is 356 g/mol. The molecule has 7 nitrogen and oxygen atoms in total. The van der Waals surface area contributed by atoms with E-state index in [0.29, 0.717) is 5.65 Å². The topological polar surface area (TPSA) is 88.5 Å². The predicted molar refractivity (Wildman–Crippen MR) is 98.7 cm³/mol. The van der Waals surface area contributed by atoms with Crippen molar-refractivity contribution in [1.29, 1.82) is 0 Å². The summed E-state index contributed by atoms with van der Waals surface area (Å²) in [7, 11) is 2.09. The summed E-state index contributed by atoms with van der Waals surface area (Å²) >= 11 is 1.46. The van der Waals surface area contributed by atoms with Gasteiger partial charge in [0.05, 0.1) is 4.88 Å². The second-order valence-corrected chi connectivity index (χ2v) is 7.38. The molecule has 1 unspecified atom stereocenters. The van der Waals surface area contributed by atoms with Crippen molar-refractivity contribution in [1.82, 2.24) is 24.8 Å². The number of aromatic nitrogens is 3. The Morgan fingerprint density at radius 2 is 2.28 bits per heavy atom. The number of carbonyl (C=O) groups excluding carboxylic acids is 1. The third kappa shape index (κ3) is 3.35. The van der Waals surface area contributed by atoms with Crippen molar-refractivity contribution in [2.75, 3.05) is 25.9 Å². The van der Waals surface area contributed by atoms with Crippen LogP contribution >= 0.6 is 11.3 Å². The van der Waals surface area contributed by atoms with E-state index in [1.807, 2.05) is 29.8 Å². The van der Waals surface area contributed by atoms with Gasteiger partial charge in [0.15, 0.2) is 5.65 Å². The quantitative estimate of drug-likeness (QED) is 0.748. The molecule has 0 aliphatic carbocycles. The van der Waals surface area contributed by atoms with Crippen LogP contribution in [0, 0.1) is 0 Å². The molecule has 0 aromatic carbocycles. The number of piperidine rings is 1. The smallest absolute Gasteiger partial charge is 0.261 e. The zero-order chi connectivity index (χ0) is 17.4. The van der Waals surface area contributed by atoms with Gasteiger partial charge in [-0.1, -0.05) is 0 Å². The Morgan fingerprint density at radius 1 is 1.40 bits per heavy atom. The van der Waals surface area contributed by atoms with E-state index >= 15 is 0 Å². The zero-order valence-corrected chi connectivity index (χ0v) is 14.8. The number of nitrogens with zero attached hydrogens (tertiary/aromatic N) is 4. The summed E-state index contributed by atoms with van der Waals surface area (Å²) in [5.74, 6) is 0.252. The van der Waals surface area contributed by atoms with E-state index in [-0.39, 0.29) is 17.9 Å². The summed E-state index contributed by atoms with van der Waals surface area (Å²) in [5.41, 5.74) is 8.30. The molecule has 8 heteroatoms. The lowest BCUT2D eigenvalue weighted by Gasteiger charge is -2.30. The normalized spacial score (nSPS) is 18.5. The molecular formula is C17H20N6OS. The number of amides is 1. The van der Waals surface area contributed by atoms with Crippen molar-refractivity contribution < 1.29 is 4.79 Å². The first kappa shape index (κ1) is 16.0. The van der Waals surface area contributed by atoms with Gasteiger partial charge in [0.1, 0.15) is 0 Å². The molecule has 1 amide bonds. The Morgan fingerprint density at radius 3 is 3.12 bits per heavy atom. The number of nitrogen functional groups attached to an aromatic ring is 1. The predicted octanol–water partition coefficient (Wildman–Crippen LogP) is 1.86. The summed E-state index contributed by atoms with van der Waals surface area (Å²) < 4.78 is 1.65. The molecule has 1 atom stereocenters. The highest BCUT2D eigenvalue weighted by atomic mass is 32.1. The summed E-state index contributed by atoms with van der Waals surface area (Å²) in [4.78, 5) is 19.6. The lowest BCUT2D eigenvalue weighted by molar-refractivity contribution is 0.0916. The standard InChI is InChI=1S/C17H20N6OS/c1-22-6-2-3-13(9-22)19-16(24)14-7-12(10-25-14)11-4-5-15-20-17(18)21-23(15)8-11/h4-5,7-8,10,13H,2-3,6,9H2,1H3,(H2,18,21)(H,19,24). The van der Waals surface area contributed by atoms with E-state index in [1.54, 1.807) is 4.52 Å². The van der Waals surface area contributed by atoms with E-state index in [9.17, 15) is 4.79 Å². The van der Waals surface area contributed by atoms with Crippen LogP contribution in [0.4, 0.5) is 5.95 Å². The third-order valence-corrected chi connectivity index (χ3v) is 5.39. The molecule has 4 rings (SSSR count). The Kier molecular flexibility index (Phi) is 4.14. The monoisotopic (exact) mass is 356 g/mol. The van der Waals surface area contributed by atoms with Crippen molar-refractivity contribution >= 4 is 28.8 Å². The number of likely N-dealkylation sites (tertiary alicyclic amines) is 1. The fraction of sp³-hybridized carbons (Fsp3) is 0.353. The molecule has 1 aliphatic heterocycles. The number of nitrogens with two attached hydrogens (primary N) is 1. The lowest BCUT2D eigenvalue weighted by atomic mass is 10.1. The van der Waals surface area contributed by atoms with Crippen LogP contribution in [0.5, 0.6) is 0 Å². The van der Waals surface area contributed by atoms with Crippen LogP contribution < -0.4 is 11.1 Å². The molecule has 0 spiro atoms. The summed E-state index contributed by atoms with van der Waals surface area (Å²) in [6.45, 7) is 2.01. The summed E-state index contributed by atoms with van der Waals surface area (Å²) in [6, 6.07) is 5.98. The van der Waals surface area contributed by atoms with E-state index in [4.69, 9.17) is 5.73 Å². The fourth-order valence-corrected chi connectivity index (χ4v) is 4.04. The minimum absolute atomic E-state index is 0.00243. The molecule has 25 heavy (non-hydrogen) atoms. The lowest BCUT2D eigenvalue weighted by Crippen LogP contribution is -2.46. The number of likely N-dealkylation sites (N-methyl/N-ethyl adjacent to an activating group) is 1. The van der Waals surface area contributed by atoms with Gasteiger partial charge in [0, 0.05) is 24.3 Å². The van der Waals surface area contributed by atoms with E-state index < -0.39 is 0 Å². The minimum atomic E-state index is 0.00243. The molecular weight excluding hydrogens is 336 g/mol. The first-order chi connectivity index (χ1) is 12.1. The number of thiophene rings is 1. The van der Waals surface area contributed by atoms with Gasteiger partial charge in [-0.3, -0.25) is 4.79 Å². The molecule has 4 heterocycles. The maximum atomic E-state index is 12.5. The fourth-order valence-electron chi connectivity index (χ4n) is 3.22. The first-order valence-electron chi connectivity index (χ1n) is 8.29. The molecule has 1 aliphatic rings. The van der Waals surface area contributed by atoms with Crippen LogP contribution in [-0.2, 0) is 0 Å². The van der Waals surface area contributed by atoms with E-state index in [0.717, 1.165) is 41.9 Å². The average Bonchev–Trinajstić information content (AvgIpc) is 3.19. The van der Waals surface area contributed by atoms with E-state index in [2.05, 4.69) is 27.3 Å². The number of anilines is 1. The van der Waals surface area contributed by atoms with Crippen LogP contribution in [0.1, 0.15) is 22.5 Å². The van der Waals surface area contributed by atoms with Crippen molar-refractivity contribution in [3.05, 3.63) is 34.7 Å². The third-order valence-electron chi connectivity index (χ3n) is 4.46. The Labute approximate surface area is 149 Å². The SMILES string of the molecule is CN1CCCC(NC(=O)c2cc(-c3ccc4nc(N)nn4c3)cs2)C1. The van der Waals surface area contributed by atoms with Gasteiger partial charge in [-0.25, -0.2) is 4.52 Å². The largest absolute Gasteiger partial charge is 0.366 e. The van der Waals surface area contributed by atoms with Crippen molar-refractivity contribution in [2.24, 2.45) is 0 Å². The molecule has 3 aromatic heterocycles. The number of rotatable bonds is 3. The molecule has 130 valence electrons. The molecule has 3 N–H and O–H groups in total. The highest BCUT2D eigenvalue weighted by molar-refractivity contribution is 7.12. The highest BCUT2D eigenvalue weighted by Crippen LogP contribution is 2.26. The molecule has 0 saturated carbocycles. The van der Waals surface area contributed by atoms with Crippen LogP contribution in [0.25, 0.3) is 16.8 Å². The number of fused-ring (bicyclic) bond motifs is 1. The van der Waals surface area contributed by atoms with Gasteiger partial charge in [-0.2, -0.15) is 4.98 Å². The number of hydrogen-bond donors (Lipinski definition) is 2. The summed E-state index contributed by atoms with van der Waals surface area (Å²) in [5, 5.41) is 9.27. The Bertz CT molecular complexity index is 917. The molecule has 0 radical (unpaired) electrons. The molecule has 1 fully saturated rings. The van der Waals surface area contributed by atoms with Gasteiger partial charge in [0.2, 0.25) is 5.95 Å². The van der Waals surface area contributed by atoms with Gasteiger partial charge in [-0.05, 0) is 55.6 Å². The van der Waals surface area contributed by atoms with Crippen LogP contribution in [0.2, 0.25) is 0 Å². The number of pyridine rings is 1. The second kappa shape index (κ2) is 6.45. The van der Waals surface area contributed by atoms with Crippen LogP contribution in [-0.4, -0.2) is 51.6 Å². The van der Waals surface area contributed by atoms with Gasteiger partial charge in [-0.15, -0.1) is 16.4 Å². The Balaban J connectivity index is 1.51. The number of carbonyl (C=O) groups is 1. The van der Waals surface area contributed by atoms with Crippen LogP contribution in [0.3, 0.4) is 0 Å². The maximum absolute atomic E-state index is 12.5. The molecule has 0 bridgehead atoms. The van der Waals surface area contributed by atoms with Crippen molar-refractivity contribution in [2.45, 2.75) is 18.9 Å². The maximum Gasteiger partial charge on any atom is 0.261 e. The van der Waals surface area contributed by atoms with Gasteiger partial charge < -0.3 is 16.0 Å². The molecule has 1 saturated heterocycles. The number of hydrogen-bond acceptors (Lipinski definition) is 6. The van der Waals surface area contributed by atoms with Gasteiger partial charge >= 0.3 is 0 Å². The summed E-state index contributed by atoms with van der Waals surface area (Å²) in [6.07, 6.45) is 4.04. The van der Waals surface area contributed by atoms with Gasteiger partial charge in [0.25, 0.3) is 5.91 Å². The van der Waals surface area contributed by atoms with Crippen molar-refractivity contribution in [3.63, 3.8) is 0 Å². The second-order valence-electron chi connectivity index (χ2n) is 6.47. The van der Waals surface area contributed by atoms with Crippen LogP contribution in [0.15, 0.2) is 29.8 Å². The minimum Gasteiger partial charge on any atom is -0.366 e. The Hall–Kier alpha value is -2.45. The molecule has 3 aromatic rings. The highest BCUT2D eigenvalue weighted by Gasteiger charge is 2.20. The zero-order valence-electron chi connectivity index (χ0n) is 14.0. The number of nitrogens with one attached hydrogen (secondary N) is 1. The van der Waals surface area contributed by atoms with Crippen molar-refractivity contribution in [3.8, 4) is 11.1 Å². The van der Waals surface area contributed by atoms with E-state index in [1.165, 1.54) is 11.3 Å².